The maximum atomic E-state index is 6.81. The average Bonchev–Trinajstić information content (AvgIpc) is 3.73. The molecule has 0 fully saturated rings. The standard InChI is InChI=1S/C62H45NO/c1-2-3-4-6-22-50-40-49(34-39-53(50)44-17-7-5-8-18-44)43-30-35-51(36-31-43)63(52-37-32-46(33-38-52)55-26-15-23-45-19-11-12-24-54(45)55)60-29-14-13-25-56(60)57-27-16-28-58-59-41-47-20-9-10-21-48(47)42-61(59)64-62(57)58/h2-33,35-42,49H,1,34H2/b4-3-,22-6+. The molecule has 9 aromatic carbocycles. The van der Waals surface area contributed by atoms with Crippen LogP contribution in [-0.4, -0.2) is 0 Å². The molecule has 1 aliphatic rings. The van der Waals surface area contributed by atoms with Crippen molar-refractivity contribution in [2.45, 2.75) is 12.3 Å². The van der Waals surface area contributed by atoms with Crippen molar-refractivity contribution in [3.8, 4) is 22.3 Å². The molecular formula is C62H45NO. The van der Waals surface area contributed by atoms with Gasteiger partial charge in [-0.2, -0.15) is 0 Å². The molecule has 1 heterocycles. The molecule has 0 N–H and O–H groups in total. The fourth-order valence-electron chi connectivity index (χ4n) is 9.48. The lowest BCUT2D eigenvalue weighted by atomic mass is 9.83. The summed E-state index contributed by atoms with van der Waals surface area (Å²) in [4.78, 5) is 2.39. The first-order chi connectivity index (χ1) is 31.7. The first kappa shape index (κ1) is 38.7. The third-order valence-electron chi connectivity index (χ3n) is 12.6. The summed E-state index contributed by atoms with van der Waals surface area (Å²) >= 11 is 0. The molecule has 2 heteroatoms. The van der Waals surface area contributed by atoms with Gasteiger partial charge in [-0.1, -0.05) is 207 Å². The van der Waals surface area contributed by atoms with E-state index in [1.165, 1.54) is 54.9 Å². The smallest absolute Gasteiger partial charge is 0.143 e. The Morgan fingerprint density at radius 1 is 0.500 bits per heavy atom. The molecule has 304 valence electrons. The van der Waals surface area contributed by atoms with E-state index in [1.54, 1.807) is 6.08 Å². The molecular weight excluding hydrogens is 775 g/mol. The van der Waals surface area contributed by atoms with Crippen LogP contribution in [0.2, 0.25) is 0 Å². The Kier molecular flexibility index (Phi) is 10.2. The maximum Gasteiger partial charge on any atom is 0.143 e. The van der Waals surface area contributed by atoms with Crippen LogP contribution < -0.4 is 4.90 Å². The van der Waals surface area contributed by atoms with Gasteiger partial charge in [-0.3, -0.25) is 0 Å². The lowest BCUT2D eigenvalue weighted by Gasteiger charge is -2.29. The van der Waals surface area contributed by atoms with Crippen molar-refractivity contribution < 1.29 is 4.42 Å². The van der Waals surface area contributed by atoms with Gasteiger partial charge < -0.3 is 9.32 Å². The average molecular weight is 820 g/mol. The Morgan fingerprint density at radius 3 is 1.95 bits per heavy atom. The van der Waals surface area contributed by atoms with Crippen molar-refractivity contribution in [2.24, 2.45) is 0 Å². The van der Waals surface area contributed by atoms with Crippen molar-refractivity contribution in [2.75, 3.05) is 4.90 Å². The first-order valence-corrected chi connectivity index (χ1v) is 22.1. The molecule has 1 aromatic heterocycles. The van der Waals surface area contributed by atoms with Crippen LogP contribution in [0, 0.1) is 0 Å². The van der Waals surface area contributed by atoms with E-state index in [4.69, 9.17) is 4.42 Å². The number of fused-ring (bicyclic) bond motifs is 5. The van der Waals surface area contributed by atoms with E-state index >= 15 is 0 Å². The lowest BCUT2D eigenvalue weighted by molar-refractivity contribution is 0.670. The Bertz CT molecular complexity index is 3470. The molecule has 0 bridgehead atoms. The van der Waals surface area contributed by atoms with Gasteiger partial charge >= 0.3 is 0 Å². The molecule has 0 radical (unpaired) electrons. The fourth-order valence-corrected chi connectivity index (χ4v) is 9.48. The molecule has 64 heavy (non-hydrogen) atoms. The number of para-hydroxylation sites is 2. The van der Waals surface area contributed by atoms with Gasteiger partial charge in [-0.25, -0.2) is 0 Å². The number of rotatable bonds is 10. The monoisotopic (exact) mass is 819 g/mol. The van der Waals surface area contributed by atoms with E-state index in [0.717, 1.165) is 56.5 Å². The highest BCUT2D eigenvalue weighted by molar-refractivity contribution is 6.14. The molecule has 0 aliphatic heterocycles. The minimum absolute atomic E-state index is 0.229. The van der Waals surface area contributed by atoms with Crippen LogP contribution in [0.25, 0.3) is 71.3 Å². The Balaban J connectivity index is 1.02. The normalized spacial score (nSPS) is 14.2. The second-order valence-electron chi connectivity index (χ2n) is 16.4. The third kappa shape index (κ3) is 7.25. The number of benzene rings is 9. The highest BCUT2D eigenvalue weighted by atomic mass is 16.3. The summed E-state index contributed by atoms with van der Waals surface area (Å²) in [6.07, 6.45) is 15.9. The number of hydrogen-bond donors (Lipinski definition) is 0. The fraction of sp³-hybridized carbons (Fsp3) is 0.0323. The van der Waals surface area contributed by atoms with Crippen LogP contribution in [0.3, 0.4) is 0 Å². The molecule has 1 unspecified atom stereocenters. The van der Waals surface area contributed by atoms with Crippen LogP contribution in [0.5, 0.6) is 0 Å². The number of allylic oxidation sites excluding steroid dienone is 9. The molecule has 2 nitrogen and oxygen atoms in total. The number of nitrogens with zero attached hydrogens (tertiary/aromatic N) is 1. The largest absolute Gasteiger partial charge is 0.455 e. The summed E-state index contributed by atoms with van der Waals surface area (Å²) < 4.78 is 6.81. The topological polar surface area (TPSA) is 16.4 Å². The summed E-state index contributed by atoms with van der Waals surface area (Å²) in [5.41, 5.74) is 14.5. The first-order valence-electron chi connectivity index (χ1n) is 22.1. The SMILES string of the molecule is C=C/C=C\C=C\C1=CC(c2ccc(N(c3ccc(-c4cccc5ccccc45)cc3)c3ccccc3-c3cccc4c3oc3cc5ccccc5cc34)cc2)CC=C1c1ccccc1. The van der Waals surface area contributed by atoms with Crippen LogP contribution in [0.1, 0.15) is 23.5 Å². The van der Waals surface area contributed by atoms with Crippen molar-refractivity contribution in [3.05, 3.63) is 266 Å². The van der Waals surface area contributed by atoms with E-state index in [-0.39, 0.29) is 5.92 Å². The predicted octanol–water partition coefficient (Wildman–Crippen LogP) is 17.5. The van der Waals surface area contributed by atoms with Gasteiger partial charge in [0.1, 0.15) is 11.2 Å². The Hall–Kier alpha value is -8.20. The van der Waals surface area contributed by atoms with Crippen LogP contribution in [-0.2, 0) is 0 Å². The number of anilines is 3. The molecule has 10 aromatic rings. The van der Waals surface area contributed by atoms with Gasteiger partial charge in [0.15, 0.2) is 0 Å². The molecule has 1 atom stereocenters. The Labute approximate surface area is 374 Å². The second kappa shape index (κ2) is 16.9. The zero-order valence-electron chi connectivity index (χ0n) is 35.4. The van der Waals surface area contributed by atoms with Crippen molar-refractivity contribution in [1.29, 1.82) is 0 Å². The summed E-state index contributed by atoms with van der Waals surface area (Å²) in [5.74, 6) is 0.229. The van der Waals surface area contributed by atoms with Crippen molar-refractivity contribution >= 4 is 66.1 Å². The highest BCUT2D eigenvalue weighted by Gasteiger charge is 2.22. The third-order valence-corrected chi connectivity index (χ3v) is 12.6. The number of hydrogen-bond acceptors (Lipinski definition) is 2. The maximum absolute atomic E-state index is 6.81. The second-order valence-corrected chi connectivity index (χ2v) is 16.4. The summed E-state index contributed by atoms with van der Waals surface area (Å²) in [6, 6.07) is 72.2. The van der Waals surface area contributed by atoms with E-state index in [0.29, 0.717) is 0 Å². The Morgan fingerprint density at radius 2 is 1.14 bits per heavy atom. The molecule has 0 spiro atoms. The van der Waals surface area contributed by atoms with Crippen LogP contribution >= 0.6 is 0 Å². The lowest BCUT2D eigenvalue weighted by Crippen LogP contribution is -2.11. The van der Waals surface area contributed by atoms with Crippen molar-refractivity contribution in [3.63, 3.8) is 0 Å². The molecule has 0 saturated heterocycles. The minimum atomic E-state index is 0.229. The molecule has 11 rings (SSSR count). The predicted molar refractivity (Wildman–Crippen MR) is 273 cm³/mol. The van der Waals surface area contributed by atoms with Crippen molar-refractivity contribution in [1.82, 2.24) is 0 Å². The van der Waals surface area contributed by atoms with Crippen LogP contribution in [0.4, 0.5) is 17.1 Å². The van der Waals surface area contributed by atoms with Gasteiger partial charge in [0.05, 0.1) is 5.69 Å². The van der Waals surface area contributed by atoms with Gasteiger partial charge in [0.2, 0.25) is 0 Å². The van der Waals surface area contributed by atoms with E-state index < -0.39 is 0 Å². The molecule has 0 amide bonds. The van der Waals surface area contributed by atoms with E-state index in [9.17, 15) is 0 Å². The summed E-state index contributed by atoms with van der Waals surface area (Å²) in [7, 11) is 0. The van der Waals surface area contributed by atoms with E-state index in [1.807, 2.05) is 12.2 Å². The summed E-state index contributed by atoms with van der Waals surface area (Å²) in [5, 5.41) is 7.09. The summed E-state index contributed by atoms with van der Waals surface area (Å²) in [6.45, 7) is 3.84. The van der Waals surface area contributed by atoms with Gasteiger partial charge in [-0.05, 0) is 104 Å². The minimum Gasteiger partial charge on any atom is -0.455 e. The van der Waals surface area contributed by atoms with Gasteiger partial charge in [-0.15, -0.1) is 0 Å². The number of furan rings is 1. The molecule has 0 saturated carbocycles. The zero-order chi connectivity index (χ0) is 42.8. The van der Waals surface area contributed by atoms with Gasteiger partial charge in [0, 0.05) is 39.2 Å². The quantitative estimate of drug-likeness (QED) is 0.128. The van der Waals surface area contributed by atoms with E-state index in [2.05, 4.69) is 236 Å². The van der Waals surface area contributed by atoms with Gasteiger partial charge in [0.25, 0.3) is 0 Å². The van der Waals surface area contributed by atoms with Crippen LogP contribution in [0.15, 0.2) is 259 Å². The highest BCUT2D eigenvalue weighted by Crippen LogP contribution is 2.46. The molecule has 1 aliphatic carbocycles. The zero-order valence-corrected chi connectivity index (χ0v) is 35.4.